The number of nitrogens with two attached hydrogens (primary N) is 1. The van der Waals surface area contributed by atoms with E-state index in [-0.39, 0.29) is 11.4 Å². The number of hydrogen-bond donors (Lipinski definition) is 2. The third-order valence-corrected chi connectivity index (χ3v) is 3.21. The molecule has 0 spiro atoms. The lowest BCUT2D eigenvalue weighted by atomic mass is 9.88. The maximum absolute atomic E-state index is 13.2. The summed E-state index contributed by atoms with van der Waals surface area (Å²) in [7, 11) is 0. The second-order valence-corrected chi connectivity index (χ2v) is 5.00. The number of hydrogen-bond acceptors (Lipinski definition) is 2. The van der Waals surface area contributed by atoms with E-state index in [2.05, 4.69) is 19.2 Å². The minimum atomic E-state index is -0.349. The average Bonchev–Trinajstić information content (AvgIpc) is 2.15. The Labute approximate surface area is 101 Å². The van der Waals surface area contributed by atoms with E-state index in [4.69, 9.17) is 17.3 Å². The van der Waals surface area contributed by atoms with Crippen LogP contribution in [0, 0.1) is 11.7 Å². The van der Waals surface area contributed by atoms with E-state index in [1.54, 1.807) is 6.07 Å². The van der Waals surface area contributed by atoms with Crippen molar-refractivity contribution in [2.24, 2.45) is 11.7 Å². The fourth-order valence-corrected chi connectivity index (χ4v) is 1.61. The zero-order valence-electron chi connectivity index (χ0n) is 9.85. The van der Waals surface area contributed by atoms with Gasteiger partial charge in [-0.15, -0.1) is 0 Å². The molecule has 0 amide bonds. The molecule has 0 bridgehead atoms. The van der Waals surface area contributed by atoms with Gasteiger partial charge in [-0.3, -0.25) is 0 Å². The summed E-state index contributed by atoms with van der Waals surface area (Å²) in [5.74, 6) is -0.0160. The van der Waals surface area contributed by atoms with Crippen LogP contribution in [-0.4, -0.2) is 12.1 Å². The van der Waals surface area contributed by atoms with E-state index in [1.807, 2.05) is 6.92 Å². The molecule has 1 aromatic rings. The first kappa shape index (κ1) is 13.3. The summed E-state index contributed by atoms with van der Waals surface area (Å²) < 4.78 is 13.2. The van der Waals surface area contributed by atoms with Crippen LogP contribution in [0.15, 0.2) is 18.2 Å². The third-order valence-electron chi connectivity index (χ3n) is 2.99. The van der Waals surface area contributed by atoms with Gasteiger partial charge < -0.3 is 11.1 Å². The summed E-state index contributed by atoms with van der Waals surface area (Å²) >= 11 is 5.79. The van der Waals surface area contributed by atoms with Gasteiger partial charge in [0.15, 0.2) is 0 Å². The van der Waals surface area contributed by atoms with Gasteiger partial charge in [-0.1, -0.05) is 25.4 Å². The highest BCUT2D eigenvalue weighted by molar-refractivity contribution is 6.30. The molecule has 1 aromatic carbocycles. The van der Waals surface area contributed by atoms with Crippen molar-refractivity contribution in [3.05, 3.63) is 29.0 Å². The molecular formula is C12H18ClFN2. The number of anilines is 1. The van der Waals surface area contributed by atoms with Gasteiger partial charge in [0.05, 0.1) is 0 Å². The zero-order chi connectivity index (χ0) is 12.3. The van der Waals surface area contributed by atoms with E-state index >= 15 is 0 Å². The summed E-state index contributed by atoms with van der Waals surface area (Å²) in [6, 6.07) is 4.39. The molecule has 0 aromatic heterocycles. The van der Waals surface area contributed by atoms with Crippen LogP contribution in [0.25, 0.3) is 0 Å². The minimum Gasteiger partial charge on any atom is -0.378 e. The van der Waals surface area contributed by atoms with Gasteiger partial charge in [0.25, 0.3) is 0 Å². The Balaban J connectivity index is 2.94. The first-order valence-electron chi connectivity index (χ1n) is 5.32. The van der Waals surface area contributed by atoms with Crippen LogP contribution in [0.1, 0.15) is 20.8 Å². The molecule has 1 atom stereocenters. The van der Waals surface area contributed by atoms with Crippen LogP contribution >= 0.6 is 11.6 Å². The molecule has 0 aliphatic rings. The average molecular weight is 245 g/mol. The van der Waals surface area contributed by atoms with Crippen LogP contribution in [0.3, 0.4) is 0 Å². The van der Waals surface area contributed by atoms with Crippen molar-refractivity contribution in [3.8, 4) is 0 Å². The molecule has 0 aliphatic heterocycles. The minimum absolute atomic E-state index is 0.267. The Bertz CT molecular complexity index is 348. The van der Waals surface area contributed by atoms with Crippen molar-refractivity contribution < 1.29 is 4.39 Å². The quantitative estimate of drug-likeness (QED) is 0.853. The molecule has 0 saturated heterocycles. The van der Waals surface area contributed by atoms with E-state index in [9.17, 15) is 4.39 Å². The van der Waals surface area contributed by atoms with Crippen molar-refractivity contribution in [2.75, 3.05) is 11.9 Å². The van der Waals surface area contributed by atoms with Gasteiger partial charge in [-0.2, -0.15) is 0 Å². The van der Waals surface area contributed by atoms with Crippen molar-refractivity contribution in [3.63, 3.8) is 0 Å². The summed E-state index contributed by atoms with van der Waals surface area (Å²) in [6.07, 6.45) is 0. The lowest BCUT2D eigenvalue weighted by Gasteiger charge is -2.34. The summed E-state index contributed by atoms with van der Waals surface area (Å²) in [4.78, 5) is 0. The molecule has 0 fully saturated rings. The number of rotatable bonds is 4. The van der Waals surface area contributed by atoms with Gasteiger partial charge in [0.2, 0.25) is 0 Å². The normalized spacial score (nSPS) is 14.9. The van der Waals surface area contributed by atoms with Gasteiger partial charge in [0, 0.05) is 22.8 Å². The predicted molar refractivity (Wildman–Crippen MR) is 67.3 cm³/mol. The summed E-state index contributed by atoms with van der Waals surface area (Å²) in [5, 5.41) is 3.62. The summed E-state index contributed by atoms with van der Waals surface area (Å²) in [5.41, 5.74) is 6.13. The standard InChI is InChI=1S/C12H18ClFN2/c1-8(2)12(3,7-15)16-11-5-9(13)4-10(14)6-11/h4-6,8,16H,7,15H2,1-3H3. The Hall–Kier alpha value is -0.800. The van der Waals surface area contributed by atoms with E-state index < -0.39 is 0 Å². The van der Waals surface area contributed by atoms with Gasteiger partial charge in [0.1, 0.15) is 5.82 Å². The predicted octanol–water partition coefficient (Wildman–Crippen LogP) is 3.26. The van der Waals surface area contributed by atoms with Gasteiger partial charge >= 0.3 is 0 Å². The number of nitrogens with one attached hydrogen (secondary N) is 1. The zero-order valence-corrected chi connectivity index (χ0v) is 10.6. The molecule has 3 N–H and O–H groups in total. The van der Waals surface area contributed by atoms with Crippen LogP contribution in [0.4, 0.5) is 10.1 Å². The molecule has 1 unspecified atom stereocenters. The Kier molecular flexibility index (Phi) is 4.16. The fourth-order valence-electron chi connectivity index (χ4n) is 1.39. The Morgan fingerprint density at radius 2 is 2.06 bits per heavy atom. The SMILES string of the molecule is CC(C)C(C)(CN)Nc1cc(F)cc(Cl)c1. The van der Waals surface area contributed by atoms with Crippen LogP contribution in [-0.2, 0) is 0 Å². The monoisotopic (exact) mass is 244 g/mol. The number of halogens is 2. The largest absolute Gasteiger partial charge is 0.378 e. The van der Waals surface area contributed by atoms with Crippen LogP contribution < -0.4 is 11.1 Å². The lowest BCUT2D eigenvalue weighted by Crippen LogP contribution is -2.47. The first-order chi connectivity index (χ1) is 7.37. The molecule has 16 heavy (non-hydrogen) atoms. The molecule has 4 heteroatoms. The second kappa shape index (κ2) is 5.02. The van der Waals surface area contributed by atoms with Crippen molar-refractivity contribution in [1.29, 1.82) is 0 Å². The lowest BCUT2D eigenvalue weighted by molar-refractivity contribution is 0.382. The van der Waals surface area contributed by atoms with Gasteiger partial charge in [-0.05, 0) is 31.0 Å². The van der Waals surface area contributed by atoms with Crippen LogP contribution in [0.5, 0.6) is 0 Å². The topological polar surface area (TPSA) is 38.0 Å². The number of benzene rings is 1. The van der Waals surface area contributed by atoms with E-state index in [0.29, 0.717) is 23.2 Å². The molecular weight excluding hydrogens is 227 g/mol. The fraction of sp³-hybridized carbons (Fsp3) is 0.500. The van der Waals surface area contributed by atoms with E-state index in [0.717, 1.165) is 0 Å². The molecule has 0 radical (unpaired) electrons. The second-order valence-electron chi connectivity index (χ2n) is 4.56. The molecule has 90 valence electrons. The van der Waals surface area contributed by atoms with E-state index in [1.165, 1.54) is 12.1 Å². The molecule has 0 aliphatic carbocycles. The molecule has 0 heterocycles. The summed E-state index contributed by atoms with van der Waals surface area (Å²) in [6.45, 7) is 6.62. The maximum atomic E-state index is 13.2. The first-order valence-corrected chi connectivity index (χ1v) is 5.69. The molecule has 0 saturated carbocycles. The Morgan fingerprint density at radius 1 is 1.44 bits per heavy atom. The molecule has 1 rings (SSSR count). The van der Waals surface area contributed by atoms with Crippen molar-refractivity contribution in [1.82, 2.24) is 0 Å². The molecule has 2 nitrogen and oxygen atoms in total. The van der Waals surface area contributed by atoms with Crippen molar-refractivity contribution in [2.45, 2.75) is 26.3 Å². The van der Waals surface area contributed by atoms with Gasteiger partial charge in [-0.25, -0.2) is 4.39 Å². The Morgan fingerprint density at radius 3 is 2.50 bits per heavy atom. The van der Waals surface area contributed by atoms with Crippen LogP contribution in [0.2, 0.25) is 5.02 Å². The smallest absolute Gasteiger partial charge is 0.126 e. The highest BCUT2D eigenvalue weighted by Gasteiger charge is 2.26. The highest BCUT2D eigenvalue weighted by atomic mass is 35.5. The maximum Gasteiger partial charge on any atom is 0.126 e. The third kappa shape index (κ3) is 3.09. The van der Waals surface area contributed by atoms with Crippen molar-refractivity contribution >= 4 is 17.3 Å². The highest BCUT2D eigenvalue weighted by Crippen LogP contribution is 2.25.